The fourth-order valence-electron chi connectivity index (χ4n) is 3.99. The number of carbonyl (C=O) groups excluding carboxylic acids is 2. The van der Waals surface area contributed by atoms with E-state index in [9.17, 15) is 14.4 Å². The number of hydrogen-bond donors (Lipinski definition) is 2. The van der Waals surface area contributed by atoms with Gasteiger partial charge in [-0.25, -0.2) is 9.48 Å². The first-order valence-electron chi connectivity index (χ1n) is 11.2. The van der Waals surface area contributed by atoms with E-state index in [1.54, 1.807) is 47.1 Å². The van der Waals surface area contributed by atoms with Crippen LogP contribution in [0.1, 0.15) is 27.3 Å². The van der Waals surface area contributed by atoms with Gasteiger partial charge in [-0.2, -0.15) is 5.10 Å². The summed E-state index contributed by atoms with van der Waals surface area (Å²) in [6.07, 6.45) is 0.0539. The largest absolute Gasteiger partial charge is 0.519 e. The summed E-state index contributed by atoms with van der Waals surface area (Å²) in [5.41, 5.74) is 5.17. The lowest BCUT2D eigenvalue weighted by Gasteiger charge is -2.09. The SMILES string of the molecule is Cc1nn(-c2ccccc2)c(C)c1NC(=O)c1cccc(NC(=O)Cc2ccc3oc(=O)oc3c2)c1. The summed E-state index contributed by atoms with van der Waals surface area (Å²) >= 11 is 0. The molecule has 0 radical (unpaired) electrons. The van der Waals surface area contributed by atoms with Crippen molar-refractivity contribution < 1.29 is 18.4 Å². The number of hydrogen-bond acceptors (Lipinski definition) is 6. The number of fused-ring (bicyclic) bond motifs is 1. The van der Waals surface area contributed by atoms with Gasteiger partial charge in [0.2, 0.25) is 5.91 Å². The van der Waals surface area contributed by atoms with Crippen molar-refractivity contribution in [2.24, 2.45) is 0 Å². The number of benzene rings is 3. The Bertz CT molecular complexity index is 1650. The summed E-state index contributed by atoms with van der Waals surface area (Å²) in [7, 11) is 0. The summed E-state index contributed by atoms with van der Waals surface area (Å²) < 4.78 is 11.6. The first kappa shape index (κ1) is 22.9. The minimum Gasteiger partial charge on any atom is -0.391 e. The predicted octanol–water partition coefficient (Wildman–Crippen LogP) is 4.62. The molecule has 0 atom stereocenters. The summed E-state index contributed by atoms with van der Waals surface area (Å²) in [6.45, 7) is 3.73. The molecule has 5 aromatic rings. The second-order valence-electron chi connectivity index (χ2n) is 8.29. The molecule has 36 heavy (non-hydrogen) atoms. The molecule has 0 bridgehead atoms. The van der Waals surface area contributed by atoms with Gasteiger partial charge in [-0.1, -0.05) is 30.3 Å². The maximum absolute atomic E-state index is 13.0. The third kappa shape index (κ3) is 4.67. The third-order valence-corrected chi connectivity index (χ3v) is 5.70. The van der Waals surface area contributed by atoms with Crippen molar-refractivity contribution in [1.29, 1.82) is 0 Å². The molecule has 5 rings (SSSR count). The predicted molar refractivity (Wildman–Crippen MR) is 135 cm³/mol. The lowest BCUT2D eigenvalue weighted by Crippen LogP contribution is -2.16. The van der Waals surface area contributed by atoms with Gasteiger partial charge in [-0.3, -0.25) is 9.59 Å². The first-order valence-corrected chi connectivity index (χ1v) is 11.2. The highest BCUT2D eigenvalue weighted by Crippen LogP contribution is 2.24. The molecule has 180 valence electrons. The third-order valence-electron chi connectivity index (χ3n) is 5.70. The first-order chi connectivity index (χ1) is 17.4. The molecule has 2 N–H and O–H groups in total. The van der Waals surface area contributed by atoms with E-state index in [2.05, 4.69) is 15.7 Å². The molecule has 0 saturated heterocycles. The smallest absolute Gasteiger partial charge is 0.391 e. The molecule has 0 aliphatic carbocycles. The minimum absolute atomic E-state index is 0.0539. The van der Waals surface area contributed by atoms with Crippen LogP contribution >= 0.6 is 0 Å². The molecule has 9 nitrogen and oxygen atoms in total. The molecule has 2 heterocycles. The number of aromatic nitrogens is 2. The normalized spacial score (nSPS) is 10.9. The number of anilines is 2. The Morgan fingerprint density at radius 1 is 0.889 bits per heavy atom. The van der Waals surface area contributed by atoms with E-state index in [1.165, 1.54) is 0 Å². The fraction of sp³-hybridized carbons (Fsp3) is 0.111. The Labute approximate surface area is 205 Å². The van der Waals surface area contributed by atoms with Gasteiger partial charge in [-0.05, 0) is 61.9 Å². The molecule has 0 fully saturated rings. The summed E-state index contributed by atoms with van der Waals surface area (Å²) in [5.74, 6) is -1.39. The second-order valence-corrected chi connectivity index (χ2v) is 8.29. The van der Waals surface area contributed by atoms with E-state index in [1.807, 2.05) is 44.2 Å². The highest BCUT2D eigenvalue weighted by atomic mass is 16.6. The Morgan fingerprint density at radius 2 is 1.67 bits per heavy atom. The number of rotatable bonds is 6. The molecule has 9 heteroatoms. The number of aryl methyl sites for hydroxylation is 1. The highest BCUT2D eigenvalue weighted by Gasteiger charge is 2.17. The number of para-hydroxylation sites is 1. The van der Waals surface area contributed by atoms with Crippen LogP contribution in [0.15, 0.2) is 86.4 Å². The van der Waals surface area contributed by atoms with E-state index in [0.29, 0.717) is 33.8 Å². The van der Waals surface area contributed by atoms with Crippen molar-refractivity contribution in [1.82, 2.24) is 9.78 Å². The monoisotopic (exact) mass is 482 g/mol. The molecule has 0 unspecified atom stereocenters. The Kier molecular flexibility index (Phi) is 5.95. The van der Waals surface area contributed by atoms with Crippen molar-refractivity contribution in [2.45, 2.75) is 20.3 Å². The molecule has 2 amide bonds. The van der Waals surface area contributed by atoms with Gasteiger partial charge >= 0.3 is 5.82 Å². The Balaban J connectivity index is 1.28. The van der Waals surface area contributed by atoms with Crippen LogP contribution in [-0.4, -0.2) is 21.6 Å². The average molecular weight is 482 g/mol. The molecular formula is C27H22N4O5. The molecular weight excluding hydrogens is 460 g/mol. The van der Waals surface area contributed by atoms with E-state index in [0.717, 1.165) is 11.4 Å². The van der Waals surface area contributed by atoms with Crippen LogP contribution in [-0.2, 0) is 11.2 Å². The molecule has 0 aliphatic rings. The minimum atomic E-state index is -0.792. The van der Waals surface area contributed by atoms with Crippen molar-refractivity contribution in [3.05, 3.63) is 106 Å². The zero-order valence-electron chi connectivity index (χ0n) is 19.6. The maximum atomic E-state index is 13.0. The van der Waals surface area contributed by atoms with Crippen LogP contribution in [0.3, 0.4) is 0 Å². The fourth-order valence-corrected chi connectivity index (χ4v) is 3.99. The van der Waals surface area contributed by atoms with Crippen molar-refractivity contribution in [2.75, 3.05) is 10.6 Å². The van der Waals surface area contributed by atoms with Gasteiger partial charge in [0.15, 0.2) is 11.2 Å². The van der Waals surface area contributed by atoms with E-state index in [4.69, 9.17) is 8.83 Å². The van der Waals surface area contributed by atoms with Crippen LogP contribution in [0.5, 0.6) is 0 Å². The van der Waals surface area contributed by atoms with E-state index in [-0.39, 0.29) is 23.8 Å². The molecule has 0 spiro atoms. The van der Waals surface area contributed by atoms with Crippen LogP contribution in [0.25, 0.3) is 16.9 Å². The topological polar surface area (TPSA) is 119 Å². The standard InChI is InChI=1S/C27H22N4O5/c1-16-25(17(2)31(30-16)21-9-4-3-5-10-21)29-26(33)19-7-6-8-20(15-19)28-24(32)14-18-11-12-22-23(13-18)36-27(34)35-22/h3-13,15H,14H2,1-2H3,(H,28,32)(H,29,33). The van der Waals surface area contributed by atoms with Gasteiger partial charge in [0, 0.05) is 11.3 Å². The Hall–Kier alpha value is -4.92. The zero-order chi connectivity index (χ0) is 25.2. The van der Waals surface area contributed by atoms with Gasteiger partial charge in [0.1, 0.15) is 0 Å². The number of nitrogens with one attached hydrogen (secondary N) is 2. The van der Waals surface area contributed by atoms with Crippen LogP contribution < -0.4 is 16.5 Å². The zero-order valence-corrected chi connectivity index (χ0v) is 19.6. The average Bonchev–Trinajstić information content (AvgIpc) is 3.37. The van der Waals surface area contributed by atoms with Crippen LogP contribution in [0, 0.1) is 13.8 Å². The van der Waals surface area contributed by atoms with Gasteiger partial charge in [0.25, 0.3) is 5.91 Å². The summed E-state index contributed by atoms with van der Waals surface area (Å²) in [6, 6.07) is 21.2. The van der Waals surface area contributed by atoms with E-state index >= 15 is 0 Å². The van der Waals surface area contributed by atoms with Crippen molar-refractivity contribution >= 4 is 34.4 Å². The Morgan fingerprint density at radius 3 is 2.47 bits per heavy atom. The van der Waals surface area contributed by atoms with Gasteiger partial charge < -0.3 is 19.5 Å². The summed E-state index contributed by atoms with van der Waals surface area (Å²) in [4.78, 5) is 36.8. The lowest BCUT2D eigenvalue weighted by molar-refractivity contribution is -0.115. The van der Waals surface area contributed by atoms with E-state index < -0.39 is 5.82 Å². The van der Waals surface area contributed by atoms with Crippen molar-refractivity contribution in [3.8, 4) is 5.69 Å². The molecule has 0 aliphatic heterocycles. The quantitative estimate of drug-likeness (QED) is 0.364. The molecule has 2 aromatic heterocycles. The van der Waals surface area contributed by atoms with Crippen LogP contribution in [0.2, 0.25) is 0 Å². The lowest BCUT2D eigenvalue weighted by atomic mass is 10.1. The maximum Gasteiger partial charge on any atom is 0.519 e. The number of nitrogens with zero attached hydrogens (tertiary/aromatic N) is 2. The second kappa shape index (κ2) is 9.38. The molecule has 0 saturated carbocycles. The molecule has 3 aromatic carbocycles. The highest BCUT2D eigenvalue weighted by molar-refractivity contribution is 6.06. The van der Waals surface area contributed by atoms with Crippen molar-refractivity contribution in [3.63, 3.8) is 0 Å². The summed E-state index contributed by atoms with van der Waals surface area (Å²) in [5, 5.41) is 10.3. The van der Waals surface area contributed by atoms with Gasteiger partial charge in [0.05, 0.1) is 29.2 Å². The number of carbonyl (C=O) groups is 2. The number of amides is 2. The van der Waals surface area contributed by atoms with Gasteiger partial charge in [-0.15, -0.1) is 0 Å². The van der Waals surface area contributed by atoms with Crippen LogP contribution in [0.4, 0.5) is 11.4 Å².